The lowest BCUT2D eigenvalue weighted by Crippen LogP contribution is -2.33. The van der Waals surface area contributed by atoms with Gasteiger partial charge in [-0.1, -0.05) is 12.1 Å². The van der Waals surface area contributed by atoms with E-state index in [9.17, 15) is 9.59 Å². The van der Waals surface area contributed by atoms with Crippen LogP contribution in [0.3, 0.4) is 0 Å². The lowest BCUT2D eigenvalue weighted by Gasteiger charge is -2.16. The van der Waals surface area contributed by atoms with Crippen LogP contribution in [-0.2, 0) is 21.4 Å². The number of likely N-dealkylation sites (N-methyl/N-ethyl adjacent to an activating group) is 1. The number of hydrogen-bond donors (Lipinski definition) is 1. The third kappa shape index (κ3) is 2.25. The Bertz CT molecular complexity index is 614. The molecule has 0 fully saturated rings. The second-order valence-electron chi connectivity index (χ2n) is 5.45. The molecule has 2 amide bonds. The van der Waals surface area contributed by atoms with Gasteiger partial charge in [-0.2, -0.15) is 5.26 Å². The van der Waals surface area contributed by atoms with Crippen molar-refractivity contribution in [2.24, 2.45) is 0 Å². The van der Waals surface area contributed by atoms with Crippen LogP contribution in [0, 0.1) is 11.3 Å². The third-order valence-corrected chi connectivity index (χ3v) is 3.66. The molecule has 0 saturated heterocycles. The zero-order valence-corrected chi connectivity index (χ0v) is 11.9. The van der Waals surface area contributed by atoms with Gasteiger partial charge in [-0.3, -0.25) is 9.59 Å². The Hall–Kier alpha value is -2.35. The first kappa shape index (κ1) is 14.1. The highest BCUT2D eigenvalue weighted by Gasteiger charge is 2.42. The van der Waals surface area contributed by atoms with E-state index >= 15 is 0 Å². The van der Waals surface area contributed by atoms with Crippen molar-refractivity contribution in [3.8, 4) is 6.07 Å². The van der Waals surface area contributed by atoms with E-state index in [0.29, 0.717) is 0 Å². The first-order chi connectivity index (χ1) is 9.37. The van der Waals surface area contributed by atoms with Crippen molar-refractivity contribution >= 4 is 17.5 Å². The molecule has 104 valence electrons. The van der Waals surface area contributed by atoms with Crippen molar-refractivity contribution in [1.82, 2.24) is 5.32 Å². The summed E-state index contributed by atoms with van der Waals surface area (Å²) >= 11 is 0. The second kappa shape index (κ2) is 4.97. The number of hydrogen-bond acceptors (Lipinski definition) is 3. The van der Waals surface area contributed by atoms with Crippen LogP contribution in [0.2, 0.25) is 0 Å². The topological polar surface area (TPSA) is 73.2 Å². The Kier molecular flexibility index (Phi) is 3.49. The summed E-state index contributed by atoms with van der Waals surface area (Å²) in [5.74, 6) is -0.138. The van der Waals surface area contributed by atoms with Crippen LogP contribution >= 0.6 is 0 Å². The van der Waals surface area contributed by atoms with Gasteiger partial charge in [0.2, 0.25) is 11.8 Å². The normalized spacial score (nSPS) is 15.7. The summed E-state index contributed by atoms with van der Waals surface area (Å²) in [7, 11) is 1.76. The number of nitrogens with zero attached hydrogens (tertiary/aromatic N) is 2. The fraction of sp³-hybridized carbons (Fsp3) is 0.400. The highest BCUT2D eigenvalue weighted by Crippen LogP contribution is 2.41. The van der Waals surface area contributed by atoms with Crippen molar-refractivity contribution in [1.29, 1.82) is 5.26 Å². The van der Waals surface area contributed by atoms with Crippen LogP contribution in [0.5, 0.6) is 0 Å². The summed E-state index contributed by atoms with van der Waals surface area (Å²) in [6.07, 6.45) is 0.211. The van der Waals surface area contributed by atoms with E-state index in [1.165, 1.54) is 0 Å². The van der Waals surface area contributed by atoms with Crippen molar-refractivity contribution < 1.29 is 9.59 Å². The maximum absolute atomic E-state index is 12.2. The molecule has 2 rings (SSSR count). The lowest BCUT2D eigenvalue weighted by molar-refractivity contribution is -0.122. The predicted octanol–water partition coefficient (Wildman–Crippen LogP) is 1.12. The van der Waals surface area contributed by atoms with Crippen molar-refractivity contribution in [3.63, 3.8) is 0 Å². The van der Waals surface area contributed by atoms with E-state index in [0.717, 1.165) is 16.8 Å². The standard InChI is InChI=1S/C15H17N3O2/c1-15(2)11-8-10(9-13(19)17-7-6-16)4-5-12(11)18(3)14(15)20/h4-5,8H,7,9H2,1-3H3,(H,17,19). The smallest absolute Gasteiger partial charge is 0.236 e. The molecule has 1 heterocycles. The van der Waals surface area contributed by atoms with Crippen LogP contribution in [0.25, 0.3) is 0 Å². The SMILES string of the molecule is CN1C(=O)C(C)(C)c2cc(CC(=O)NCC#N)ccc21. The Morgan fingerprint density at radius 1 is 1.45 bits per heavy atom. The number of carbonyl (C=O) groups excluding carboxylic acids is 2. The molecule has 1 aliphatic heterocycles. The summed E-state index contributed by atoms with van der Waals surface area (Å²) < 4.78 is 0. The summed E-state index contributed by atoms with van der Waals surface area (Å²) in [6.45, 7) is 3.78. The first-order valence-electron chi connectivity index (χ1n) is 6.43. The fourth-order valence-electron chi connectivity index (χ4n) is 2.52. The Morgan fingerprint density at radius 3 is 2.80 bits per heavy atom. The zero-order valence-electron chi connectivity index (χ0n) is 11.9. The van der Waals surface area contributed by atoms with Gasteiger partial charge in [0.15, 0.2) is 0 Å². The summed E-state index contributed by atoms with van der Waals surface area (Å²) in [4.78, 5) is 25.4. The molecule has 1 N–H and O–H groups in total. The van der Waals surface area contributed by atoms with Gasteiger partial charge in [-0.15, -0.1) is 0 Å². The quantitative estimate of drug-likeness (QED) is 0.837. The molecule has 5 nitrogen and oxygen atoms in total. The van der Waals surface area contributed by atoms with E-state index < -0.39 is 5.41 Å². The molecule has 0 atom stereocenters. The van der Waals surface area contributed by atoms with Crippen molar-refractivity contribution in [3.05, 3.63) is 29.3 Å². The van der Waals surface area contributed by atoms with Crippen LogP contribution in [0.15, 0.2) is 18.2 Å². The molecule has 1 aliphatic rings. The first-order valence-corrected chi connectivity index (χ1v) is 6.43. The minimum absolute atomic E-state index is 0.0104. The van der Waals surface area contributed by atoms with Gasteiger partial charge < -0.3 is 10.2 Å². The number of carbonyl (C=O) groups is 2. The van der Waals surface area contributed by atoms with Gasteiger partial charge in [-0.05, 0) is 31.0 Å². The molecule has 1 aromatic carbocycles. The molecule has 0 aromatic heterocycles. The highest BCUT2D eigenvalue weighted by molar-refractivity contribution is 6.07. The maximum atomic E-state index is 12.2. The van der Waals surface area contributed by atoms with E-state index in [1.54, 1.807) is 11.9 Å². The van der Waals surface area contributed by atoms with Gasteiger partial charge in [0.05, 0.1) is 17.9 Å². The van der Waals surface area contributed by atoms with Crippen LogP contribution in [0.1, 0.15) is 25.0 Å². The van der Waals surface area contributed by atoms with Crippen LogP contribution in [-0.4, -0.2) is 25.4 Å². The van der Waals surface area contributed by atoms with E-state index in [4.69, 9.17) is 5.26 Å². The van der Waals surface area contributed by atoms with Crippen molar-refractivity contribution in [2.45, 2.75) is 25.7 Å². The third-order valence-electron chi connectivity index (χ3n) is 3.66. The zero-order chi connectivity index (χ0) is 14.9. The summed E-state index contributed by atoms with van der Waals surface area (Å²) in [6, 6.07) is 7.49. The molecule has 0 aliphatic carbocycles. The predicted molar refractivity (Wildman–Crippen MR) is 75.2 cm³/mol. The van der Waals surface area contributed by atoms with E-state index in [-0.39, 0.29) is 24.8 Å². The highest BCUT2D eigenvalue weighted by atomic mass is 16.2. The second-order valence-corrected chi connectivity index (χ2v) is 5.45. The number of nitrogens with one attached hydrogen (secondary N) is 1. The number of nitriles is 1. The molecule has 0 radical (unpaired) electrons. The van der Waals surface area contributed by atoms with Crippen molar-refractivity contribution in [2.75, 3.05) is 18.5 Å². The Balaban J connectivity index is 2.26. The number of anilines is 1. The largest absolute Gasteiger partial charge is 0.343 e. The molecule has 0 unspecified atom stereocenters. The van der Waals surface area contributed by atoms with Gasteiger partial charge in [0.1, 0.15) is 6.54 Å². The minimum Gasteiger partial charge on any atom is -0.343 e. The molecule has 0 bridgehead atoms. The Labute approximate surface area is 118 Å². The summed E-state index contributed by atoms with van der Waals surface area (Å²) in [5, 5.41) is 10.9. The monoisotopic (exact) mass is 271 g/mol. The molecule has 5 heteroatoms. The van der Waals surface area contributed by atoms with E-state index in [2.05, 4.69) is 5.32 Å². The molecule has 1 aromatic rings. The maximum Gasteiger partial charge on any atom is 0.236 e. The fourth-order valence-corrected chi connectivity index (χ4v) is 2.52. The Morgan fingerprint density at radius 2 is 2.15 bits per heavy atom. The molecule has 0 spiro atoms. The number of rotatable bonds is 3. The number of amides is 2. The minimum atomic E-state index is -0.566. The summed E-state index contributed by atoms with van der Waals surface area (Å²) in [5.41, 5.74) is 2.11. The van der Waals surface area contributed by atoms with Gasteiger partial charge >= 0.3 is 0 Å². The van der Waals surface area contributed by atoms with E-state index in [1.807, 2.05) is 38.1 Å². The number of fused-ring (bicyclic) bond motifs is 1. The molecular weight excluding hydrogens is 254 g/mol. The lowest BCUT2D eigenvalue weighted by atomic mass is 9.85. The van der Waals surface area contributed by atoms with Gasteiger partial charge in [-0.25, -0.2) is 0 Å². The van der Waals surface area contributed by atoms with Crippen LogP contribution in [0.4, 0.5) is 5.69 Å². The average molecular weight is 271 g/mol. The molecule has 20 heavy (non-hydrogen) atoms. The molecular formula is C15H17N3O2. The molecule has 0 saturated carbocycles. The van der Waals surface area contributed by atoms with Gasteiger partial charge in [0, 0.05) is 12.7 Å². The van der Waals surface area contributed by atoms with Gasteiger partial charge in [0.25, 0.3) is 0 Å². The number of benzene rings is 1. The average Bonchev–Trinajstić information content (AvgIpc) is 2.58. The van der Waals surface area contributed by atoms with Crippen LogP contribution < -0.4 is 10.2 Å².